The first-order chi connectivity index (χ1) is 10.3. The predicted molar refractivity (Wildman–Crippen MR) is 91.8 cm³/mol. The molecule has 0 radical (unpaired) electrons. The van der Waals surface area contributed by atoms with E-state index >= 15 is 0 Å². The SMILES string of the molecule is CCCCCCc1nc2c(CCCCCC)cccc2[nH]1. The van der Waals surface area contributed by atoms with Gasteiger partial charge in [0.1, 0.15) is 5.82 Å². The number of imidazole rings is 1. The lowest BCUT2D eigenvalue weighted by molar-refractivity contribution is 0.656. The van der Waals surface area contributed by atoms with Crippen molar-refractivity contribution in [1.82, 2.24) is 9.97 Å². The van der Waals surface area contributed by atoms with Gasteiger partial charge in [-0.15, -0.1) is 0 Å². The van der Waals surface area contributed by atoms with E-state index in [4.69, 9.17) is 4.98 Å². The molecule has 0 spiro atoms. The molecule has 0 atom stereocenters. The highest BCUT2D eigenvalue weighted by atomic mass is 14.9. The fraction of sp³-hybridized carbons (Fsp3) is 0.632. The third kappa shape index (κ3) is 4.87. The zero-order valence-electron chi connectivity index (χ0n) is 13.8. The van der Waals surface area contributed by atoms with E-state index in [1.807, 2.05) is 0 Å². The quantitative estimate of drug-likeness (QED) is 0.549. The molecule has 1 heterocycles. The van der Waals surface area contributed by atoms with Crippen LogP contribution in [0, 0.1) is 0 Å². The van der Waals surface area contributed by atoms with Crippen LogP contribution < -0.4 is 0 Å². The molecule has 0 bridgehead atoms. The van der Waals surface area contributed by atoms with Gasteiger partial charge in [-0.1, -0.05) is 64.5 Å². The minimum atomic E-state index is 1.09. The topological polar surface area (TPSA) is 28.7 Å². The number of aromatic nitrogens is 2. The Hall–Kier alpha value is -1.31. The van der Waals surface area contributed by atoms with Crippen LogP contribution in [0.1, 0.15) is 76.6 Å². The highest BCUT2D eigenvalue weighted by Gasteiger charge is 2.07. The van der Waals surface area contributed by atoms with E-state index in [0.717, 1.165) is 12.8 Å². The summed E-state index contributed by atoms with van der Waals surface area (Å²) < 4.78 is 0. The van der Waals surface area contributed by atoms with E-state index in [2.05, 4.69) is 37.0 Å². The van der Waals surface area contributed by atoms with Crippen molar-refractivity contribution in [2.75, 3.05) is 0 Å². The van der Waals surface area contributed by atoms with Gasteiger partial charge in [0.15, 0.2) is 0 Å². The Morgan fingerprint density at radius 1 is 0.857 bits per heavy atom. The first-order valence-corrected chi connectivity index (χ1v) is 8.81. The molecule has 1 aromatic carbocycles. The second-order valence-corrected chi connectivity index (χ2v) is 6.12. The van der Waals surface area contributed by atoms with Crippen molar-refractivity contribution in [3.8, 4) is 0 Å². The third-order valence-electron chi connectivity index (χ3n) is 4.21. The summed E-state index contributed by atoms with van der Waals surface area (Å²) in [6, 6.07) is 6.57. The van der Waals surface area contributed by atoms with Crippen molar-refractivity contribution in [3.63, 3.8) is 0 Å². The number of hydrogen-bond acceptors (Lipinski definition) is 1. The van der Waals surface area contributed by atoms with Crippen LogP contribution in [0.25, 0.3) is 11.0 Å². The molecule has 2 nitrogen and oxygen atoms in total. The van der Waals surface area contributed by atoms with Gasteiger partial charge in [-0.05, 0) is 30.9 Å². The van der Waals surface area contributed by atoms with Crippen LogP contribution in [-0.2, 0) is 12.8 Å². The van der Waals surface area contributed by atoms with Crippen LogP contribution in [0.2, 0.25) is 0 Å². The molecule has 0 aliphatic rings. The summed E-state index contributed by atoms with van der Waals surface area (Å²) in [6.07, 6.45) is 12.7. The summed E-state index contributed by atoms with van der Waals surface area (Å²) in [7, 11) is 0. The van der Waals surface area contributed by atoms with E-state index in [1.54, 1.807) is 0 Å². The van der Waals surface area contributed by atoms with Crippen molar-refractivity contribution >= 4 is 11.0 Å². The number of unbranched alkanes of at least 4 members (excludes halogenated alkanes) is 6. The van der Waals surface area contributed by atoms with Crippen LogP contribution in [0.4, 0.5) is 0 Å². The zero-order valence-corrected chi connectivity index (χ0v) is 13.8. The molecule has 0 unspecified atom stereocenters. The lowest BCUT2D eigenvalue weighted by Gasteiger charge is -2.01. The fourth-order valence-corrected chi connectivity index (χ4v) is 2.92. The third-order valence-corrected chi connectivity index (χ3v) is 4.21. The average molecular weight is 286 g/mol. The zero-order chi connectivity index (χ0) is 14.9. The number of aryl methyl sites for hydroxylation is 2. The Morgan fingerprint density at radius 3 is 2.29 bits per heavy atom. The molecule has 0 saturated heterocycles. The Kier molecular flexibility index (Phi) is 6.78. The second kappa shape index (κ2) is 8.86. The van der Waals surface area contributed by atoms with Crippen molar-refractivity contribution < 1.29 is 0 Å². The second-order valence-electron chi connectivity index (χ2n) is 6.12. The first kappa shape index (κ1) is 16.1. The Morgan fingerprint density at radius 2 is 1.57 bits per heavy atom. The number of fused-ring (bicyclic) bond motifs is 1. The summed E-state index contributed by atoms with van der Waals surface area (Å²) in [4.78, 5) is 8.36. The van der Waals surface area contributed by atoms with Crippen LogP contribution in [0.5, 0.6) is 0 Å². The molecule has 1 aromatic heterocycles. The van der Waals surface area contributed by atoms with E-state index in [9.17, 15) is 0 Å². The highest BCUT2D eigenvalue weighted by molar-refractivity contribution is 5.78. The predicted octanol–water partition coefficient (Wildman–Crippen LogP) is 5.81. The Bertz CT molecular complexity index is 527. The largest absolute Gasteiger partial charge is 0.342 e. The molecule has 1 N–H and O–H groups in total. The molecule has 0 amide bonds. The number of rotatable bonds is 10. The normalized spacial score (nSPS) is 11.3. The van der Waals surface area contributed by atoms with Crippen molar-refractivity contribution in [1.29, 1.82) is 0 Å². The maximum absolute atomic E-state index is 4.85. The molecule has 2 heteroatoms. The number of para-hydroxylation sites is 1. The number of hydrogen-bond donors (Lipinski definition) is 1. The average Bonchev–Trinajstić information content (AvgIpc) is 2.92. The van der Waals surface area contributed by atoms with Crippen LogP contribution >= 0.6 is 0 Å². The van der Waals surface area contributed by atoms with Gasteiger partial charge in [0, 0.05) is 6.42 Å². The maximum atomic E-state index is 4.85. The number of benzene rings is 1. The number of H-pyrrole nitrogens is 1. The number of aromatic amines is 1. The lowest BCUT2D eigenvalue weighted by Crippen LogP contribution is -1.89. The van der Waals surface area contributed by atoms with Gasteiger partial charge < -0.3 is 4.98 Å². The van der Waals surface area contributed by atoms with E-state index in [1.165, 1.54) is 73.8 Å². The lowest BCUT2D eigenvalue weighted by atomic mass is 10.1. The molecule has 0 fully saturated rings. The highest BCUT2D eigenvalue weighted by Crippen LogP contribution is 2.20. The van der Waals surface area contributed by atoms with Gasteiger partial charge in [-0.3, -0.25) is 0 Å². The summed E-state index contributed by atoms with van der Waals surface area (Å²) in [6.45, 7) is 4.52. The van der Waals surface area contributed by atoms with E-state index in [-0.39, 0.29) is 0 Å². The Labute approximate surface area is 129 Å². The van der Waals surface area contributed by atoms with Crippen LogP contribution in [0.15, 0.2) is 18.2 Å². The molecular formula is C19H30N2. The molecule has 0 aliphatic heterocycles. The molecule has 21 heavy (non-hydrogen) atoms. The van der Waals surface area contributed by atoms with Gasteiger partial charge in [-0.2, -0.15) is 0 Å². The summed E-state index contributed by atoms with van der Waals surface area (Å²) in [5, 5.41) is 0. The molecule has 2 rings (SSSR count). The molecule has 116 valence electrons. The van der Waals surface area contributed by atoms with Gasteiger partial charge in [0.2, 0.25) is 0 Å². The van der Waals surface area contributed by atoms with Crippen molar-refractivity contribution in [2.45, 2.75) is 78.1 Å². The molecule has 0 aliphatic carbocycles. The summed E-state index contributed by atoms with van der Waals surface area (Å²) in [5.74, 6) is 1.17. The minimum absolute atomic E-state index is 1.09. The van der Waals surface area contributed by atoms with Gasteiger partial charge in [0.25, 0.3) is 0 Å². The standard InChI is InChI=1S/C19H30N2/c1-3-5-7-9-12-16-13-11-14-17-19(16)21-18(20-17)15-10-8-6-4-2/h11,13-14H,3-10,12,15H2,1-2H3,(H,20,21). The van der Waals surface area contributed by atoms with Crippen LogP contribution in [-0.4, -0.2) is 9.97 Å². The van der Waals surface area contributed by atoms with Gasteiger partial charge >= 0.3 is 0 Å². The number of nitrogens with one attached hydrogen (secondary N) is 1. The smallest absolute Gasteiger partial charge is 0.107 e. The van der Waals surface area contributed by atoms with E-state index < -0.39 is 0 Å². The van der Waals surface area contributed by atoms with Crippen molar-refractivity contribution in [2.24, 2.45) is 0 Å². The van der Waals surface area contributed by atoms with Crippen molar-refractivity contribution in [3.05, 3.63) is 29.6 Å². The maximum Gasteiger partial charge on any atom is 0.107 e. The fourth-order valence-electron chi connectivity index (χ4n) is 2.92. The summed E-state index contributed by atoms with van der Waals surface area (Å²) >= 11 is 0. The Balaban J connectivity index is 1.97. The summed E-state index contributed by atoms with van der Waals surface area (Å²) in [5.41, 5.74) is 3.84. The molecular weight excluding hydrogens is 256 g/mol. The van der Waals surface area contributed by atoms with Gasteiger partial charge in [-0.25, -0.2) is 4.98 Å². The molecule has 2 aromatic rings. The monoisotopic (exact) mass is 286 g/mol. The van der Waals surface area contributed by atoms with Crippen LogP contribution in [0.3, 0.4) is 0 Å². The number of nitrogens with zero attached hydrogens (tertiary/aromatic N) is 1. The molecule has 0 saturated carbocycles. The van der Waals surface area contributed by atoms with Gasteiger partial charge in [0.05, 0.1) is 11.0 Å². The first-order valence-electron chi connectivity index (χ1n) is 8.81. The minimum Gasteiger partial charge on any atom is -0.342 e. The van der Waals surface area contributed by atoms with E-state index in [0.29, 0.717) is 0 Å².